The van der Waals surface area contributed by atoms with Crippen LogP contribution < -0.4 is 26.6 Å². The van der Waals surface area contributed by atoms with Crippen LogP contribution in [0.1, 0.15) is 90.0 Å². The van der Waals surface area contributed by atoms with Crippen molar-refractivity contribution in [3.05, 3.63) is 83.4 Å². The maximum absolute atomic E-state index is 13.6. The van der Waals surface area contributed by atoms with E-state index in [4.69, 9.17) is 40.9 Å². The number of amides is 2. The van der Waals surface area contributed by atoms with Gasteiger partial charge in [0.25, 0.3) is 6.47 Å². The minimum absolute atomic E-state index is 0.238. The summed E-state index contributed by atoms with van der Waals surface area (Å²) in [4.78, 5) is 31.1. The Kier molecular flexibility index (Phi) is 16.9. The van der Waals surface area contributed by atoms with Gasteiger partial charge in [0.15, 0.2) is 0 Å². The van der Waals surface area contributed by atoms with E-state index in [1.165, 1.54) is 6.42 Å². The zero-order valence-electron chi connectivity index (χ0n) is 34.0. The third-order valence-electron chi connectivity index (χ3n) is 9.84. The van der Waals surface area contributed by atoms with Crippen LogP contribution in [0.2, 0.25) is 0 Å². The number of aromatic nitrogens is 3. The molecular formula is C41H61N11O5. The first kappa shape index (κ1) is 44.2. The van der Waals surface area contributed by atoms with E-state index in [2.05, 4.69) is 20.6 Å². The number of nitrogens with zero attached hydrogens (tertiary/aromatic N) is 6. The van der Waals surface area contributed by atoms with Gasteiger partial charge in [0.2, 0.25) is 5.96 Å². The van der Waals surface area contributed by atoms with Crippen molar-refractivity contribution in [2.45, 2.75) is 85.4 Å². The van der Waals surface area contributed by atoms with Crippen LogP contribution in [-0.2, 0) is 16.1 Å². The number of nitrogens with one attached hydrogen (secondary N) is 4. The standard InChI is InChI=1S/C38H53N11O3.C2H6.CH2O2/c1-38(2,3)33(39)23-35(43-27-24-42-48(25-27)18-17-46-19-21-51-22-20-46)45-37(50)44-31-12-13-32(30-10-6-5-9-29(30)31)52-28-11-14-34(40)49(26-28)36(41)47-15-7-4-8-16-47;1-2;2-1-3/h5-6,9-11,14,23-26,31-32,40-41H,4,7-8,12-13,15-22,39H2,1-3H3,(H2,43,44,45,50);1-2H3;1H,(H,2,3)/b33-23-,40-34?,41-36?;;. The third-order valence-corrected chi connectivity index (χ3v) is 9.84. The van der Waals surface area contributed by atoms with Gasteiger partial charge >= 0.3 is 6.03 Å². The first-order valence-corrected chi connectivity index (χ1v) is 19.9. The molecular weight excluding hydrogens is 727 g/mol. The van der Waals surface area contributed by atoms with E-state index < -0.39 is 0 Å². The number of rotatable bonds is 8. The topological polar surface area (TPSA) is 212 Å². The van der Waals surface area contributed by atoms with E-state index in [-0.39, 0.29) is 35.6 Å². The molecule has 2 aliphatic heterocycles. The van der Waals surface area contributed by atoms with Crippen molar-refractivity contribution in [1.29, 1.82) is 10.8 Å². The summed E-state index contributed by atoms with van der Waals surface area (Å²) in [5.41, 5.74) is 9.52. The molecule has 2 aromatic heterocycles. The van der Waals surface area contributed by atoms with E-state index in [1.807, 2.05) is 74.7 Å². The minimum atomic E-state index is -0.390. The SMILES string of the molecule is CC.CC(C)(C)/C(N)=C/C(=Nc1cnn(CCN2CCOCC2)c1)NC(=O)NC1CCC(Oc2ccc(=N)n(C(=N)N3CCCCC3)c2)c2ccccc21.O=CO. The molecule has 2 unspecified atom stereocenters. The van der Waals surface area contributed by atoms with E-state index in [9.17, 15) is 4.79 Å². The number of hydrogen-bond donors (Lipinski definition) is 6. The number of allylic oxidation sites excluding steroid dienone is 1. The van der Waals surface area contributed by atoms with Gasteiger partial charge in [0.05, 0.1) is 44.4 Å². The van der Waals surface area contributed by atoms with Crippen LogP contribution >= 0.6 is 0 Å². The van der Waals surface area contributed by atoms with Crippen LogP contribution in [0.3, 0.4) is 0 Å². The summed E-state index contributed by atoms with van der Waals surface area (Å²) in [5.74, 6) is 1.22. The smallest absolute Gasteiger partial charge is 0.320 e. The van der Waals surface area contributed by atoms with Crippen molar-refractivity contribution in [3.63, 3.8) is 0 Å². The fourth-order valence-corrected chi connectivity index (χ4v) is 6.68. The Morgan fingerprint density at radius 2 is 1.72 bits per heavy atom. The van der Waals surface area contributed by atoms with Gasteiger partial charge in [-0.15, -0.1) is 0 Å². The predicted molar refractivity (Wildman–Crippen MR) is 221 cm³/mol. The van der Waals surface area contributed by atoms with Gasteiger partial charge in [-0.25, -0.2) is 9.79 Å². The second kappa shape index (κ2) is 21.7. The zero-order chi connectivity index (χ0) is 41.4. The number of aliphatic imine (C=N–C) groups is 1. The Balaban J connectivity index is 0.00000137. The number of benzene rings is 1. The highest BCUT2D eigenvalue weighted by molar-refractivity contribution is 6.05. The molecule has 2 atom stereocenters. The number of likely N-dealkylation sites (tertiary alicyclic amines) is 1. The van der Waals surface area contributed by atoms with Gasteiger partial charge in [0.1, 0.15) is 28.9 Å². The lowest BCUT2D eigenvalue weighted by Gasteiger charge is -2.33. The zero-order valence-corrected chi connectivity index (χ0v) is 34.0. The molecule has 0 saturated carbocycles. The van der Waals surface area contributed by atoms with Crippen LogP contribution in [0.5, 0.6) is 5.75 Å². The van der Waals surface area contributed by atoms with Crippen LogP contribution in [0, 0.1) is 16.2 Å². The van der Waals surface area contributed by atoms with Gasteiger partial charge in [-0.2, -0.15) is 5.10 Å². The first-order chi connectivity index (χ1) is 27.4. The summed E-state index contributed by atoms with van der Waals surface area (Å²) in [7, 11) is 0. The number of piperidine rings is 1. The Labute approximate surface area is 335 Å². The first-order valence-electron chi connectivity index (χ1n) is 19.9. The van der Waals surface area contributed by atoms with Gasteiger partial charge in [-0.1, -0.05) is 58.9 Å². The van der Waals surface area contributed by atoms with Crippen molar-refractivity contribution >= 4 is 30.0 Å². The van der Waals surface area contributed by atoms with E-state index in [0.717, 1.165) is 76.5 Å². The molecule has 16 heteroatoms. The lowest BCUT2D eigenvalue weighted by Crippen LogP contribution is -2.43. The van der Waals surface area contributed by atoms with E-state index in [0.29, 0.717) is 41.8 Å². The Morgan fingerprint density at radius 3 is 2.40 bits per heavy atom. The average molecular weight is 788 g/mol. The maximum atomic E-state index is 13.6. The summed E-state index contributed by atoms with van der Waals surface area (Å²) in [6, 6.07) is 10.8. The molecule has 2 amide bonds. The molecule has 6 rings (SSSR count). The van der Waals surface area contributed by atoms with Gasteiger partial charge < -0.3 is 30.5 Å². The van der Waals surface area contributed by atoms with Crippen LogP contribution in [0.15, 0.2) is 71.8 Å². The molecule has 3 aromatic rings. The van der Waals surface area contributed by atoms with Crippen molar-refractivity contribution in [3.8, 4) is 5.75 Å². The quantitative estimate of drug-likeness (QED) is 0.0984. The Hall–Kier alpha value is -5.48. The Morgan fingerprint density at radius 1 is 1.04 bits per heavy atom. The van der Waals surface area contributed by atoms with Crippen molar-refractivity contribution in [1.82, 2.24) is 34.8 Å². The molecule has 310 valence electrons. The average Bonchev–Trinajstić information content (AvgIpc) is 3.66. The number of morpholine rings is 1. The molecule has 57 heavy (non-hydrogen) atoms. The van der Waals surface area contributed by atoms with Crippen LogP contribution in [-0.4, -0.2) is 99.5 Å². The molecule has 2 fully saturated rings. The summed E-state index contributed by atoms with van der Waals surface area (Å²) in [5, 5.41) is 34.7. The number of amidine groups is 1. The van der Waals surface area contributed by atoms with Crippen molar-refractivity contribution < 1.29 is 24.2 Å². The summed E-state index contributed by atoms with van der Waals surface area (Å²) < 4.78 is 15.4. The number of pyridine rings is 1. The van der Waals surface area contributed by atoms with Crippen LogP contribution in [0.4, 0.5) is 10.5 Å². The lowest BCUT2D eigenvalue weighted by atomic mass is 9.85. The number of carboxylic acid groups (broad SMARTS) is 1. The van der Waals surface area contributed by atoms with Crippen molar-refractivity contribution in [2.75, 3.05) is 45.9 Å². The number of nitrogens with two attached hydrogens (primary N) is 1. The molecule has 7 N–H and O–H groups in total. The summed E-state index contributed by atoms with van der Waals surface area (Å²) in [6.45, 7) is 16.4. The molecule has 2 saturated heterocycles. The molecule has 0 bridgehead atoms. The van der Waals surface area contributed by atoms with E-state index in [1.54, 1.807) is 35.2 Å². The molecule has 4 heterocycles. The van der Waals surface area contributed by atoms with Crippen molar-refractivity contribution in [2.24, 2.45) is 16.1 Å². The highest BCUT2D eigenvalue weighted by atomic mass is 16.5. The Bertz CT molecular complexity index is 1890. The predicted octanol–water partition coefficient (Wildman–Crippen LogP) is 5.37. The maximum Gasteiger partial charge on any atom is 0.320 e. The highest BCUT2D eigenvalue weighted by Gasteiger charge is 2.30. The molecule has 0 radical (unpaired) electrons. The molecule has 3 aliphatic rings. The van der Waals surface area contributed by atoms with Gasteiger partial charge in [-0.05, 0) is 55.4 Å². The molecule has 16 nitrogen and oxygen atoms in total. The largest absolute Gasteiger partial charge is 0.484 e. The number of carbonyl (C=O) groups is 2. The normalized spacial score (nSPS) is 18.8. The summed E-state index contributed by atoms with van der Waals surface area (Å²) >= 11 is 0. The molecule has 1 aliphatic carbocycles. The number of fused-ring (bicyclic) bond motifs is 1. The van der Waals surface area contributed by atoms with Gasteiger partial charge in [-0.3, -0.25) is 35.1 Å². The number of ether oxygens (including phenoxy) is 2. The minimum Gasteiger partial charge on any atom is -0.484 e. The number of urea groups is 1. The van der Waals surface area contributed by atoms with Crippen LogP contribution in [0.25, 0.3) is 0 Å². The third kappa shape index (κ3) is 13.0. The molecule has 1 aromatic carbocycles. The monoisotopic (exact) mass is 787 g/mol. The number of hydrogen-bond acceptors (Lipinski definition) is 10. The second-order valence-electron chi connectivity index (χ2n) is 14.8. The fraction of sp³-hybridized carbons (Fsp3) is 0.512. The highest BCUT2D eigenvalue weighted by Crippen LogP contribution is 2.38. The number of carbonyl (C=O) groups excluding carboxylic acids is 1. The van der Waals surface area contributed by atoms with Gasteiger partial charge in [0, 0.05) is 49.9 Å². The fourth-order valence-electron chi connectivity index (χ4n) is 6.68. The van der Waals surface area contributed by atoms with E-state index >= 15 is 0 Å². The summed E-state index contributed by atoms with van der Waals surface area (Å²) in [6.07, 6.45) is 11.3. The second-order valence-corrected chi connectivity index (χ2v) is 14.8. The molecule has 0 spiro atoms. The lowest BCUT2D eigenvalue weighted by molar-refractivity contribution is -0.122.